The molecule has 28 heavy (non-hydrogen) atoms. The molecule has 0 aliphatic rings. The van der Waals surface area contributed by atoms with Crippen molar-refractivity contribution in [3.8, 4) is 33.6 Å². The molecule has 0 N–H and O–H groups in total. The van der Waals surface area contributed by atoms with Crippen LogP contribution in [-0.2, 0) is 0 Å². The summed E-state index contributed by atoms with van der Waals surface area (Å²) in [5, 5.41) is 10.2. The summed E-state index contributed by atoms with van der Waals surface area (Å²) >= 11 is 1.55. The predicted octanol–water partition coefficient (Wildman–Crippen LogP) is 3.93. The molecule has 3 heterocycles. The van der Waals surface area contributed by atoms with E-state index in [4.69, 9.17) is 4.42 Å². The van der Waals surface area contributed by atoms with Gasteiger partial charge in [-0.25, -0.2) is 4.98 Å². The molecule has 0 fully saturated rings. The average molecular weight is 391 g/mol. The van der Waals surface area contributed by atoms with Gasteiger partial charge < -0.3 is 9.32 Å². The maximum absolute atomic E-state index is 12.0. The Labute approximate surface area is 165 Å². The topological polar surface area (TPSA) is 85.0 Å². The first kappa shape index (κ1) is 18.0. The number of thiophene rings is 1. The zero-order chi connectivity index (χ0) is 19.7. The minimum Gasteiger partial charge on any atom is -0.414 e. The minimum absolute atomic E-state index is 0.0476. The van der Waals surface area contributed by atoms with E-state index in [2.05, 4.69) is 20.2 Å². The van der Waals surface area contributed by atoms with Crippen molar-refractivity contribution in [1.29, 1.82) is 0 Å². The van der Waals surface area contributed by atoms with E-state index in [1.807, 2.05) is 30.5 Å². The van der Waals surface area contributed by atoms with Gasteiger partial charge in [0.25, 0.3) is 17.7 Å². The molecule has 140 valence electrons. The Morgan fingerprint density at radius 1 is 1.00 bits per heavy atom. The van der Waals surface area contributed by atoms with E-state index < -0.39 is 0 Å². The standard InChI is InChI=1S/C20H17N5O2S/c1-12-8-9-28-17(12)19-24-23-18(27-19)16-11-21-10-15(22-16)13-4-6-14(7-5-13)20(26)25(2)3/h4-11H,1-3H3. The van der Waals surface area contributed by atoms with E-state index in [0.717, 1.165) is 16.0 Å². The lowest BCUT2D eigenvalue weighted by atomic mass is 10.1. The molecule has 3 aromatic heterocycles. The first-order chi connectivity index (χ1) is 13.5. The molecule has 1 amide bonds. The Balaban J connectivity index is 1.63. The minimum atomic E-state index is -0.0476. The highest BCUT2D eigenvalue weighted by Gasteiger charge is 2.15. The van der Waals surface area contributed by atoms with Crippen LogP contribution in [0.2, 0.25) is 0 Å². The van der Waals surface area contributed by atoms with E-state index in [1.54, 1.807) is 50.0 Å². The Hall–Kier alpha value is -3.39. The molecule has 7 nitrogen and oxygen atoms in total. The highest BCUT2D eigenvalue weighted by molar-refractivity contribution is 7.13. The quantitative estimate of drug-likeness (QED) is 0.524. The smallest absolute Gasteiger partial charge is 0.268 e. The SMILES string of the molecule is Cc1ccsc1-c1nnc(-c2cncc(-c3ccc(C(=O)N(C)C)cc3)n2)o1. The molecule has 0 saturated heterocycles. The molecule has 8 heteroatoms. The van der Waals surface area contributed by atoms with Gasteiger partial charge in [-0.15, -0.1) is 21.5 Å². The first-order valence-corrected chi connectivity index (χ1v) is 9.43. The molecule has 1 aromatic carbocycles. The van der Waals surface area contributed by atoms with Gasteiger partial charge in [0.05, 0.1) is 23.0 Å². The molecule has 0 atom stereocenters. The molecular weight excluding hydrogens is 374 g/mol. The van der Waals surface area contributed by atoms with Crippen LogP contribution in [0.4, 0.5) is 0 Å². The maximum atomic E-state index is 12.0. The van der Waals surface area contributed by atoms with E-state index >= 15 is 0 Å². The molecule has 0 bridgehead atoms. The highest BCUT2D eigenvalue weighted by Crippen LogP contribution is 2.30. The lowest BCUT2D eigenvalue weighted by Gasteiger charge is -2.10. The van der Waals surface area contributed by atoms with Crippen molar-refractivity contribution in [3.05, 3.63) is 59.2 Å². The zero-order valence-corrected chi connectivity index (χ0v) is 16.4. The van der Waals surface area contributed by atoms with Gasteiger partial charge in [-0.05, 0) is 36.1 Å². The van der Waals surface area contributed by atoms with Crippen LogP contribution in [0.3, 0.4) is 0 Å². The van der Waals surface area contributed by atoms with Gasteiger partial charge in [0, 0.05) is 25.2 Å². The largest absolute Gasteiger partial charge is 0.414 e. The third-order valence-corrected chi connectivity index (χ3v) is 5.17. The number of hydrogen-bond donors (Lipinski definition) is 0. The van der Waals surface area contributed by atoms with Gasteiger partial charge in [0.15, 0.2) is 0 Å². The number of carbonyl (C=O) groups is 1. The van der Waals surface area contributed by atoms with Gasteiger partial charge in [-0.2, -0.15) is 0 Å². The van der Waals surface area contributed by atoms with Crippen LogP contribution in [-0.4, -0.2) is 45.1 Å². The van der Waals surface area contributed by atoms with Crippen LogP contribution >= 0.6 is 11.3 Å². The van der Waals surface area contributed by atoms with Crippen molar-refractivity contribution >= 4 is 17.2 Å². The number of rotatable bonds is 4. The first-order valence-electron chi connectivity index (χ1n) is 8.55. The Morgan fingerprint density at radius 3 is 2.39 bits per heavy atom. The van der Waals surface area contributed by atoms with Gasteiger partial charge in [-0.1, -0.05) is 12.1 Å². The summed E-state index contributed by atoms with van der Waals surface area (Å²) in [7, 11) is 3.45. The number of carbonyl (C=O) groups excluding carboxylic acids is 1. The van der Waals surface area contributed by atoms with Gasteiger partial charge in [-0.3, -0.25) is 9.78 Å². The third kappa shape index (κ3) is 3.41. The van der Waals surface area contributed by atoms with Crippen LogP contribution in [0.15, 0.2) is 52.5 Å². The van der Waals surface area contributed by atoms with Crippen LogP contribution in [0.5, 0.6) is 0 Å². The molecule has 0 radical (unpaired) electrons. The highest BCUT2D eigenvalue weighted by atomic mass is 32.1. The van der Waals surface area contributed by atoms with Crippen molar-refractivity contribution in [2.45, 2.75) is 6.92 Å². The maximum Gasteiger partial charge on any atom is 0.268 e. The fourth-order valence-corrected chi connectivity index (χ4v) is 3.51. The van der Waals surface area contributed by atoms with Crippen molar-refractivity contribution < 1.29 is 9.21 Å². The monoisotopic (exact) mass is 391 g/mol. The van der Waals surface area contributed by atoms with Gasteiger partial charge in [0.2, 0.25) is 0 Å². The van der Waals surface area contributed by atoms with Crippen molar-refractivity contribution in [2.24, 2.45) is 0 Å². The molecular formula is C20H17N5O2S. The Morgan fingerprint density at radius 2 is 1.71 bits per heavy atom. The van der Waals surface area contributed by atoms with E-state index in [-0.39, 0.29) is 5.91 Å². The number of benzene rings is 1. The normalized spacial score (nSPS) is 10.8. The molecule has 0 saturated carbocycles. The number of nitrogens with zero attached hydrogens (tertiary/aromatic N) is 5. The summed E-state index contributed by atoms with van der Waals surface area (Å²) in [5.74, 6) is 0.742. The van der Waals surface area contributed by atoms with Gasteiger partial charge >= 0.3 is 0 Å². The lowest BCUT2D eigenvalue weighted by Crippen LogP contribution is -2.21. The molecule has 4 aromatic rings. The third-order valence-electron chi connectivity index (χ3n) is 4.17. The van der Waals surface area contributed by atoms with Crippen LogP contribution in [0.1, 0.15) is 15.9 Å². The molecule has 0 aliphatic heterocycles. The number of aryl methyl sites for hydroxylation is 1. The lowest BCUT2D eigenvalue weighted by molar-refractivity contribution is 0.0827. The summed E-state index contributed by atoms with van der Waals surface area (Å²) in [6.07, 6.45) is 3.25. The van der Waals surface area contributed by atoms with Crippen molar-refractivity contribution in [3.63, 3.8) is 0 Å². The van der Waals surface area contributed by atoms with Crippen LogP contribution in [0, 0.1) is 6.92 Å². The summed E-state index contributed by atoms with van der Waals surface area (Å²) in [6.45, 7) is 2.00. The Kier molecular flexibility index (Phi) is 4.70. The average Bonchev–Trinajstić information content (AvgIpc) is 3.36. The molecule has 4 rings (SSSR count). The Bertz CT molecular complexity index is 1130. The van der Waals surface area contributed by atoms with Crippen molar-refractivity contribution in [1.82, 2.24) is 25.1 Å². The van der Waals surface area contributed by atoms with Gasteiger partial charge in [0.1, 0.15) is 5.69 Å². The molecule has 0 aliphatic carbocycles. The zero-order valence-electron chi connectivity index (χ0n) is 15.6. The van der Waals surface area contributed by atoms with E-state index in [9.17, 15) is 4.79 Å². The predicted molar refractivity (Wildman–Crippen MR) is 107 cm³/mol. The second kappa shape index (κ2) is 7.32. The summed E-state index contributed by atoms with van der Waals surface area (Å²) in [4.78, 5) is 23.4. The fourth-order valence-electron chi connectivity index (χ4n) is 2.66. The number of aromatic nitrogens is 4. The van der Waals surface area contributed by atoms with E-state index in [1.165, 1.54) is 4.90 Å². The summed E-state index contributed by atoms with van der Waals surface area (Å²) in [6, 6.07) is 9.25. The second-order valence-electron chi connectivity index (χ2n) is 6.41. The summed E-state index contributed by atoms with van der Waals surface area (Å²) in [5.41, 5.74) is 3.71. The molecule has 0 unspecified atom stereocenters. The molecule has 0 spiro atoms. The fraction of sp³-hybridized carbons (Fsp3) is 0.150. The number of amides is 1. The van der Waals surface area contributed by atoms with E-state index in [0.29, 0.717) is 28.7 Å². The van der Waals surface area contributed by atoms with Crippen LogP contribution < -0.4 is 0 Å². The second-order valence-corrected chi connectivity index (χ2v) is 7.33. The summed E-state index contributed by atoms with van der Waals surface area (Å²) < 4.78 is 5.80. The van der Waals surface area contributed by atoms with Crippen molar-refractivity contribution in [2.75, 3.05) is 14.1 Å². The van der Waals surface area contributed by atoms with Crippen LogP contribution in [0.25, 0.3) is 33.6 Å². The number of hydrogen-bond acceptors (Lipinski definition) is 7.